The van der Waals surface area contributed by atoms with Crippen LogP contribution in [0.3, 0.4) is 0 Å². The highest BCUT2D eigenvalue weighted by molar-refractivity contribution is 7.14. The highest BCUT2D eigenvalue weighted by atomic mass is 32.1. The number of pyridine rings is 1. The van der Waals surface area contributed by atoms with E-state index in [4.69, 9.17) is 0 Å². The van der Waals surface area contributed by atoms with Gasteiger partial charge in [0.15, 0.2) is 5.13 Å². The second-order valence-electron chi connectivity index (χ2n) is 7.26. The number of urea groups is 1. The summed E-state index contributed by atoms with van der Waals surface area (Å²) in [5, 5.41) is 9.74. The van der Waals surface area contributed by atoms with Crippen LogP contribution in [0.5, 0.6) is 0 Å². The highest BCUT2D eigenvalue weighted by Gasteiger charge is 2.30. The van der Waals surface area contributed by atoms with Gasteiger partial charge in [0, 0.05) is 43.8 Å². The van der Waals surface area contributed by atoms with E-state index in [0.29, 0.717) is 18.2 Å². The molecule has 4 heterocycles. The van der Waals surface area contributed by atoms with Crippen molar-refractivity contribution in [3.63, 3.8) is 0 Å². The Balaban J connectivity index is 1.37. The Kier molecular flexibility index (Phi) is 4.76. The van der Waals surface area contributed by atoms with E-state index in [-0.39, 0.29) is 11.9 Å². The molecule has 7 nitrogen and oxygen atoms in total. The number of anilines is 1. The highest BCUT2D eigenvalue weighted by Crippen LogP contribution is 2.33. The molecule has 0 radical (unpaired) electrons. The van der Waals surface area contributed by atoms with Crippen molar-refractivity contribution in [3.05, 3.63) is 83.1 Å². The van der Waals surface area contributed by atoms with Gasteiger partial charge in [-0.2, -0.15) is 5.10 Å². The van der Waals surface area contributed by atoms with Crippen LogP contribution in [0.4, 0.5) is 9.93 Å². The first kappa shape index (κ1) is 18.5. The van der Waals surface area contributed by atoms with Gasteiger partial charge < -0.3 is 4.90 Å². The molecule has 5 rings (SSSR count). The van der Waals surface area contributed by atoms with Gasteiger partial charge in [0.2, 0.25) is 0 Å². The summed E-state index contributed by atoms with van der Waals surface area (Å²) in [7, 11) is 1.91. The average molecular weight is 417 g/mol. The number of benzene rings is 1. The molecule has 0 saturated heterocycles. The van der Waals surface area contributed by atoms with E-state index in [0.717, 1.165) is 22.5 Å². The Morgan fingerprint density at radius 2 is 2.03 bits per heavy atom. The van der Waals surface area contributed by atoms with Gasteiger partial charge in [0.1, 0.15) is 5.69 Å². The largest absolute Gasteiger partial charge is 0.323 e. The molecule has 2 amide bonds. The van der Waals surface area contributed by atoms with Crippen molar-refractivity contribution in [1.29, 1.82) is 0 Å². The quantitative estimate of drug-likeness (QED) is 0.545. The number of nitrogens with zero attached hydrogens (tertiary/aromatic N) is 5. The molecular weight excluding hydrogens is 396 g/mol. The molecule has 150 valence electrons. The summed E-state index contributed by atoms with van der Waals surface area (Å²) in [5.74, 6) is 0.0924. The Morgan fingerprint density at radius 3 is 2.83 bits per heavy atom. The normalized spacial score (nSPS) is 15.6. The second-order valence-corrected chi connectivity index (χ2v) is 8.12. The number of aromatic nitrogens is 4. The summed E-state index contributed by atoms with van der Waals surface area (Å²) < 4.78 is 1.80. The average Bonchev–Trinajstić information content (AvgIpc) is 3.42. The van der Waals surface area contributed by atoms with E-state index in [1.165, 1.54) is 16.9 Å². The van der Waals surface area contributed by atoms with Crippen LogP contribution in [0, 0.1) is 0 Å². The lowest BCUT2D eigenvalue weighted by atomic mass is 9.86. The minimum absolute atomic E-state index is 0.0924. The standard InChI is InChI=1S/C22H20N6OS/c1-27-11-16(10-24-27)18-13-28(12-15-6-2-3-7-17(15)18)22(29)26-21-25-20(14-30-21)19-8-4-5-9-23-19/h2-11,14,18H,12-13H2,1H3,(H,25,26,29). The zero-order chi connectivity index (χ0) is 20.5. The monoisotopic (exact) mass is 416 g/mol. The van der Waals surface area contributed by atoms with Crippen LogP contribution >= 0.6 is 11.3 Å². The lowest BCUT2D eigenvalue weighted by Crippen LogP contribution is -2.41. The summed E-state index contributed by atoms with van der Waals surface area (Å²) in [6.45, 7) is 1.16. The topological polar surface area (TPSA) is 75.9 Å². The summed E-state index contributed by atoms with van der Waals surface area (Å²) in [5.41, 5.74) is 5.06. The third-order valence-electron chi connectivity index (χ3n) is 5.25. The van der Waals surface area contributed by atoms with E-state index in [1.54, 1.807) is 10.9 Å². The fourth-order valence-corrected chi connectivity index (χ4v) is 4.49. The first-order chi connectivity index (χ1) is 14.7. The predicted molar refractivity (Wildman–Crippen MR) is 116 cm³/mol. The van der Waals surface area contributed by atoms with Crippen LogP contribution in [0.1, 0.15) is 22.6 Å². The summed E-state index contributed by atoms with van der Waals surface area (Å²) in [6, 6.07) is 13.8. The van der Waals surface area contributed by atoms with Crippen molar-refractivity contribution in [2.45, 2.75) is 12.5 Å². The molecule has 0 fully saturated rings. The number of hydrogen-bond acceptors (Lipinski definition) is 5. The van der Waals surface area contributed by atoms with Crippen molar-refractivity contribution in [2.75, 3.05) is 11.9 Å². The summed E-state index contributed by atoms with van der Waals surface area (Å²) in [6.07, 6.45) is 5.63. The minimum Gasteiger partial charge on any atom is -0.319 e. The number of aryl methyl sites for hydroxylation is 1. The maximum absolute atomic E-state index is 13.1. The van der Waals surface area contributed by atoms with Crippen LogP contribution in [0.15, 0.2) is 66.4 Å². The Hall–Kier alpha value is -3.52. The zero-order valence-corrected chi connectivity index (χ0v) is 17.2. The molecule has 0 bridgehead atoms. The molecule has 1 aromatic carbocycles. The molecule has 1 aliphatic rings. The van der Waals surface area contributed by atoms with Crippen molar-refractivity contribution < 1.29 is 4.79 Å². The lowest BCUT2D eigenvalue weighted by Gasteiger charge is -2.34. The second kappa shape index (κ2) is 7.72. The Morgan fingerprint density at radius 1 is 1.17 bits per heavy atom. The van der Waals surface area contributed by atoms with Gasteiger partial charge in [-0.3, -0.25) is 15.0 Å². The van der Waals surface area contributed by atoms with Crippen LogP contribution in [0.25, 0.3) is 11.4 Å². The van der Waals surface area contributed by atoms with Gasteiger partial charge in [-0.05, 0) is 28.8 Å². The fraction of sp³-hybridized carbons (Fsp3) is 0.182. The van der Waals surface area contributed by atoms with Gasteiger partial charge in [-0.1, -0.05) is 30.3 Å². The SMILES string of the molecule is Cn1cc(C2CN(C(=O)Nc3nc(-c4ccccn4)cs3)Cc3ccccc32)cn1. The first-order valence-corrected chi connectivity index (χ1v) is 10.5. The smallest absolute Gasteiger partial charge is 0.319 e. The maximum Gasteiger partial charge on any atom is 0.323 e. The molecule has 30 heavy (non-hydrogen) atoms. The molecule has 0 aliphatic carbocycles. The van der Waals surface area contributed by atoms with E-state index >= 15 is 0 Å². The number of carbonyl (C=O) groups excluding carboxylic acids is 1. The van der Waals surface area contributed by atoms with Crippen LogP contribution in [-0.2, 0) is 13.6 Å². The lowest BCUT2D eigenvalue weighted by molar-refractivity contribution is 0.203. The van der Waals surface area contributed by atoms with E-state index in [2.05, 4.69) is 32.5 Å². The molecule has 3 aromatic heterocycles. The minimum atomic E-state index is -0.152. The first-order valence-electron chi connectivity index (χ1n) is 9.66. The molecule has 0 saturated carbocycles. The van der Waals surface area contributed by atoms with Gasteiger partial charge in [-0.15, -0.1) is 11.3 Å². The number of amides is 2. The molecule has 1 unspecified atom stereocenters. The molecular formula is C22H20N6OS. The van der Waals surface area contributed by atoms with Crippen LogP contribution in [-0.4, -0.2) is 37.2 Å². The summed E-state index contributed by atoms with van der Waals surface area (Å²) in [4.78, 5) is 23.7. The molecule has 1 N–H and O–H groups in total. The van der Waals surface area contributed by atoms with Crippen LogP contribution in [0.2, 0.25) is 0 Å². The number of thiazole rings is 1. The number of nitrogens with one attached hydrogen (secondary N) is 1. The van der Waals surface area contributed by atoms with E-state index in [1.807, 2.05) is 60.1 Å². The van der Waals surface area contributed by atoms with Gasteiger partial charge in [-0.25, -0.2) is 9.78 Å². The van der Waals surface area contributed by atoms with Gasteiger partial charge >= 0.3 is 6.03 Å². The zero-order valence-electron chi connectivity index (χ0n) is 16.4. The number of fused-ring (bicyclic) bond motifs is 1. The Bertz CT molecular complexity index is 1190. The number of hydrogen-bond donors (Lipinski definition) is 1. The molecule has 0 spiro atoms. The molecule has 8 heteroatoms. The number of rotatable bonds is 3. The third-order valence-corrected chi connectivity index (χ3v) is 6.01. The number of carbonyl (C=O) groups is 1. The van der Waals surface area contributed by atoms with Gasteiger partial charge in [0.25, 0.3) is 0 Å². The third kappa shape index (κ3) is 3.57. The Labute approximate surface area is 178 Å². The predicted octanol–water partition coefficient (Wildman–Crippen LogP) is 4.12. The summed E-state index contributed by atoms with van der Waals surface area (Å²) >= 11 is 1.40. The van der Waals surface area contributed by atoms with Crippen LogP contribution < -0.4 is 5.32 Å². The van der Waals surface area contributed by atoms with E-state index < -0.39 is 0 Å². The molecule has 1 aliphatic heterocycles. The van der Waals surface area contributed by atoms with E-state index in [9.17, 15) is 4.79 Å². The maximum atomic E-state index is 13.1. The molecule has 1 atom stereocenters. The van der Waals surface area contributed by atoms with Crippen molar-refractivity contribution in [3.8, 4) is 11.4 Å². The van der Waals surface area contributed by atoms with Gasteiger partial charge in [0.05, 0.1) is 11.9 Å². The van der Waals surface area contributed by atoms with Crippen molar-refractivity contribution in [2.24, 2.45) is 7.05 Å². The molecule has 4 aromatic rings. The fourth-order valence-electron chi connectivity index (χ4n) is 3.80. The van der Waals surface area contributed by atoms with Crippen molar-refractivity contribution >= 4 is 22.5 Å². The van der Waals surface area contributed by atoms with Crippen molar-refractivity contribution in [1.82, 2.24) is 24.6 Å².